The van der Waals surface area contributed by atoms with Crippen molar-refractivity contribution in [1.29, 1.82) is 0 Å². The van der Waals surface area contributed by atoms with Crippen molar-refractivity contribution in [2.75, 3.05) is 6.26 Å². The zero-order chi connectivity index (χ0) is 15.5. The molecule has 0 unspecified atom stereocenters. The molecule has 0 heterocycles. The lowest BCUT2D eigenvalue weighted by Gasteiger charge is -2.30. The van der Waals surface area contributed by atoms with Crippen molar-refractivity contribution in [3.05, 3.63) is 34.9 Å². The Bertz CT molecular complexity index is 615. The van der Waals surface area contributed by atoms with Gasteiger partial charge in [-0.15, -0.1) is 0 Å². The Morgan fingerprint density at radius 1 is 1.29 bits per heavy atom. The fourth-order valence-electron chi connectivity index (χ4n) is 2.85. The lowest BCUT2D eigenvalue weighted by Crippen LogP contribution is -2.48. The minimum Gasteiger partial charge on any atom is -0.352 e. The highest BCUT2D eigenvalue weighted by molar-refractivity contribution is 7.91. The third-order valence-electron chi connectivity index (χ3n) is 3.91. The second kappa shape index (κ2) is 6.79. The van der Waals surface area contributed by atoms with E-state index in [1.165, 1.54) is 6.26 Å². The van der Waals surface area contributed by atoms with Gasteiger partial charge in [0.15, 0.2) is 9.84 Å². The van der Waals surface area contributed by atoms with Crippen LogP contribution in [0.15, 0.2) is 24.3 Å². The van der Waals surface area contributed by atoms with Gasteiger partial charge in [-0.25, -0.2) is 8.42 Å². The molecule has 0 saturated heterocycles. The maximum Gasteiger partial charge on any atom is 0.224 e. The standard InChI is InChI=1S/C15H20ClNO3S/c1-21(19,20)14-9-5-4-8-13(14)17-15(18)10-11-6-2-3-7-12(11)16/h2-3,6-7,13-14H,4-5,8-10H2,1H3,(H,17,18)/t13-,14-/m1/s1. The first-order valence-electron chi connectivity index (χ1n) is 7.09. The topological polar surface area (TPSA) is 63.2 Å². The Balaban J connectivity index is 2.02. The molecular weight excluding hydrogens is 310 g/mol. The van der Waals surface area contributed by atoms with Gasteiger partial charge in [0.2, 0.25) is 5.91 Å². The van der Waals surface area contributed by atoms with Gasteiger partial charge in [-0.05, 0) is 24.5 Å². The average Bonchev–Trinajstić information content (AvgIpc) is 2.41. The number of halogens is 1. The van der Waals surface area contributed by atoms with Crippen molar-refractivity contribution < 1.29 is 13.2 Å². The molecule has 1 saturated carbocycles. The molecule has 6 heteroatoms. The third-order valence-corrected chi connectivity index (χ3v) is 5.94. The van der Waals surface area contributed by atoms with Gasteiger partial charge in [0, 0.05) is 17.3 Å². The Kier molecular flexibility index (Phi) is 5.27. The van der Waals surface area contributed by atoms with Crippen molar-refractivity contribution in [1.82, 2.24) is 5.32 Å². The minimum absolute atomic E-state index is 0.173. The summed E-state index contributed by atoms with van der Waals surface area (Å²) in [5.41, 5.74) is 0.753. The van der Waals surface area contributed by atoms with Crippen LogP contribution in [0.5, 0.6) is 0 Å². The maximum atomic E-state index is 12.1. The summed E-state index contributed by atoms with van der Waals surface area (Å²) in [5.74, 6) is -0.177. The Morgan fingerprint density at radius 3 is 2.62 bits per heavy atom. The van der Waals surface area contributed by atoms with E-state index in [2.05, 4.69) is 5.32 Å². The van der Waals surface area contributed by atoms with Gasteiger partial charge in [0.1, 0.15) is 0 Å². The van der Waals surface area contributed by atoms with Gasteiger partial charge in [0.05, 0.1) is 11.7 Å². The highest BCUT2D eigenvalue weighted by Crippen LogP contribution is 2.24. The van der Waals surface area contributed by atoms with Crippen LogP contribution in [0.3, 0.4) is 0 Å². The molecule has 0 aromatic heterocycles. The second-order valence-electron chi connectivity index (χ2n) is 5.59. The van der Waals surface area contributed by atoms with Gasteiger partial charge in [-0.3, -0.25) is 4.79 Å². The van der Waals surface area contributed by atoms with Crippen LogP contribution in [0.25, 0.3) is 0 Å². The van der Waals surface area contributed by atoms with Gasteiger partial charge >= 0.3 is 0 Å². The fraction of sp³-hybridized carbons (Fsp3) is 0.533. The molecule has 116 valence electrons. The average molecular weight is 330 g/mol. The Hall–Kier alpha value is -1.07. The van der Waals surface area contributed by atoms with E-state index in [4.69, 9.17) is 11.6 Å². The largest absolute Gasteiger partial charge is 0.352 e. The molecule has 2 rings (SSSR count). The van der Waals surface area contributed by atoms with E-state index in [0.717, 1.165) is 18.4 Å². The number of benzene rings is 1. The van der Waals surface area contributed by atoms with E-state index in [-0.39, 0.29) is 18.4 Å². The molecule has 1 amide bonds. The zero-order valence-electron chi connectivity index (χ0n) is 12.0. The van der Waals surface area contributed by atoms with Crippen molar-refractivity contribution in [3.8, 4) is 0 Å². The molecule has 4 nitrogen and oxygen atoms in total. The summed E-state index contributed by atoms with van der Waals surface area (Å²) >= 11 is 6.04. The van der Waals surface area contributed by atoms with Crippen molar-refractivity contribution in [2.45, 2.75) is 43.4 Å². The molecule has 1 aliphatic carbocycles. The molecule has 1 aromatic carbocycles. The van der Waals surface area contributed by atoms with E-state index >= 15 is 0 Å². The van der Waals surface area contributed by atoms with Gasteiger partial charge < -0.3 is 5.32 Å². The summed E-state index contributed by atoms with van der Waals surface area (Å²) in [6, 6.07) is 6.89. The van der Waals surface area contributed by atoms with Crippen molar-refractivity contribution >= 4 is 27.3 Å². The molecule has 1 aromatic rings. The predicted octanol–water partition coefficient (Wildman–Crippen LogP) is 2.35. The molecule has 0 radical (unpaired) electrons. The van der Waals surface area contributed by atoms with Crippen molar-refractivity contribution in [2.24, 2.45) is 0 Å². The molecule has 0 spiro atoms. The van der Waals surface area contributed by atoms with Crippen LogP contribution < -0.4 is 5.32 Å². The molecule has 1 aliphatic rings. The Labute approximate surface area is 130 Å². The molecule has 2 atom stereocenters. The minimum atomic E-state index is -3.14. The number of hydrogen-bond acceptors (Lipinski definition) is 3. The van der Waals surface area contributed by atoms with Gasteiger partial charge in [-0.2, -0.15) is 0 Å². The lowest BCUT2D eigenvalue weighted by atomic mass is 9.94. The summed E-state index contributed by atoms with van der Waals surface area (Å²) < 4.78 is 23.6. The molecular formula is C15H20ClNO3S. The van der Waals surface area contributed by atoms with Crippen LogP contribution in [0.2, 0.25) is 5.02 Å². The normalized spacial score (nSPS) is 22.8. The van der Waals surface area contributed by atoms with Gasteiger partial charge in [-0.1, -0.05) is 42.6 Å². The number of hydrogen-bond donors (Lipinski definition) is 1. The summed E-state index contributed by atoms with van der Waals surface area (Å²) in [6.07, 6.45) is 4.60. The molecule has 0 bridgehead atoms. The van der Waals surface area contributed by atoms with Crippen LogP contribution in [-0.2, 0) is 21.1 Å². The maximum absolute atomic E-state index is 12.1. The zero-order valence-corrected chi connectivity index (χ0v) is 13.6. The SMILES string of the molecule is CS(=O)(=O)[C@@H]1CCCC[C@H]1NC(=O)Cc1ccccc1Cl. The van der Waals surface area contributed by atoms with E-state index < -0.39 is 15.1 Å². The second-order valence-corrected chi connectivity index (χ2v) is 8.27. The summed E-state index contributed by atoms with van der Waals surface area (Å²) in [7, 11) is -3.14. The fourth-order valence-corrected chi connectivity index (χ4v) is 4.45. The number of carbonyl (C=O) groups is 1. The van der Waals surface area contributed by atoms with E-state index in [1.54, 1.807) is 12.1 Å². The highest BCUT2D eigenvalue weighted by atomic mass is 35.5. The summed E-state index contributed by atoms with van der Waals surface area (Å²) in [4.78, 5) is 12.1. The lowest BCUT2D eigenvalue weighted by molar-refractivity contribution is -0.121. The summed E-state index contributed by atoms with van der Waals surface area (Å²) in [5, 5.41) is 2.96. The number of sulfone groups is 1. The van der Waals surface area contributed by atoms with Crippen LogP contribution in [-0.4, -0.2) is 31.9 Å². The third kappa shape index (κ3) is 4.45. The van der Waals surface area contributed by atoms with Crippen LogP contribution in [0, 0.1) is 0 Å². The van der Waals surface area contributed by atoms with Crippen LogP contribution in [0.1, 0.15) is 31.2 Å². The first-order chi connectivity index (χ1) is 9.88. The van der Waals surface area contributed by atoms with Crippen LogP contribution >= 0.6 is 11.6 Å². The van der Waals surface area contributed by atoms with E-state index in [1.807, 2.05) is 12.1 Å². The van der Waals surface area contributed by atoms with E-state index in [0.29, 0.717) is 17.9 Å². The number of nitrogens with one attached hydrogen (secondary N) is 1. The number of amides is 1. The molecule has 0 aliphatic heterocycles. The smallest absolute Gasteiger partial charge is 0.224 e. The predicted molar refractivity (Wildman–Crippen MR) is 84.2 cm³/mol. The van der Waals surface area contributed by atoms with E-state index in [9.17, 15) is 13.2 Å². The Morgan fingerprint density at radius 2 is 1.95 bits per heavy atom. The molecule has 21 heavy (non-hydrogen) atoms. The quantitative estimate of drug-likeness (QED) is 0.922. The molecule has 1 fully saturated rings. The monoisotopic (exact) mass is 329 g/mol. The van der Waals surface area contributed by atoms with Crippen molar-refractivity contribution in [3.63, 3.8) is 0 Å². The van der Waals surface area contributed by atoms with Crippen LogP contribution in [0.4, 0.5) is 0 Å². The first kappa shape index (κ1) is 16.3. The summed E-state index contributed by atoms with van der Waals surface area (Å²) in [6.45, 7) is 0. The number of carbonyl (C=O) groups excluding carboxylic acids is 1. The first-order valence-corrected chi connectivity index (χ1v) is 9.43. The number of rotatable bonds is 4. The highest BCUT2D eigenvalue weighted by Gasteiger charge is 2.33. The molecule has 1 N–H and O–H groups in total. The van der Waals surface area contributed by atoms with Gasteiger partial charge in [0.25, 0.3) is 0 Å².